The van der Waals surface area contributed by atoms with Gasteiger partial charge in [-0.3, -0.25) is 0 Å². The summed E-state index contributed by atoms with van der Waals surface area (Å²) in [5.74, 6) is 0.827. The van der Waals surface area contributed by atoms with Crippen LogP contribution < -0.4 is 5.32 Å². The topological polar surface area (TPSA) is 29.9 Å². The van der Waals surface area contributed by atoms with E-state index in [-0.39, 0.29) is 0 Å². The molecule has 1 aromatic rings. The van der Waals surface area contributed by atoms with Gasteiger partial charge in [-0.05, 0) is 37.1 Å². The van der Waals surface area contributed by atoms with Gasteiger partial charge in [0.05, 0.1) is 6.33 Å². The molecule has 16 heavy (non-hydrogen) atoms. The molecule has 90 valence electrons. The number of nitrogens with zero attached hydrogens (tertiary/aromatic N) is 2. The molecule has 2 rings (SSSR count). The van der Waals surface area contributed by atoms with E-state index < -0.39 is 0 Å². The lowest BCUT2D eigenvalue weighted by atomic mass is 9.92. The molecule has 1 saturated carbocycles. The predicted octanol–water partition coefficient (Wildman–Crippen LogP) is 2.30. The lowest BCUT2D eigenvalue weighted by Crippen LogP contribution is -2.28. The number of rotatable bonds is 7. The summed E-state index contributed by atoms with van der Waals surface area (Å²) in [5.41, 5.74) is 0.634. The van der Waals surface area contributed by atoms with Crippen LogP contribution >= 0.6 is 0 Å². The molecule has 0 spiro atoms. The van der Waals surface area contributed by atoms with Gasteiger partial charge in [-0.1, -0.05) is 13.8 Å². The molecule has 1 fully saturated rings. The predicted molar refractivity (Wildman–Crippen MR) is 66.2 cm³/mol. The van der Waals surface area contributed by atoms with Gasteiger partial charge in [-0.15, -0.1) is 0 Å². The van der Waals surface area contributed by atoms with Crippen molar-refractivity contribution >= 4 is 0 Å². The van der Waals surface area contributed by atoms with E-state index in [0.29, 0.717) is 5.41 Å². The van der Waals surface area contributed by atoms with Crippen molar-refractivity contribution in [3.8, 4) is 0 Å². The highest BCUT2D eigenvalue weighted by Gasteiger charge is 2.44. The van der Waals surface area contributed by atoms with Gasteiger partial charge in [-0.2, -0.15) is 0 Å². The molecule has 0 atom stereocenters. The van der Waals surface area contributed by atoms with E-state index in [1.54, 1.807) is 0 Å². The van der Waals surface area contributed by atoms with Gasteiger partial charge in [-0.25, -0.2) is 4.98 Å². The Morgan fingerprint density at radius 2 is 2.25 bits per heavy atom. The van der Waals surface area contributed by atoms with Crippen molar-refractivity contribution in [1.29, 1.82) is 0 Å². The van der Waals surface area contributed by atoms with Gasteiger partial charge >= 0.3 is 0 Å². The Hall–Kier alpha value is -0.830. The molecular weight excluding hydrogens is 198 g/mol. The van der Waals surface area contributed by atoms with Crippen molar-refractivity contribution in [3.05, 3.63) is 18.7 Å². The van der Waals surface area contributed by atoms with E-state index in [2.05, 4.69) is 28.7 Å². The van der Waals surface area contributed by atoms with Crippen LogP contribution in [-0.2, 0) is 6.54 Å². The van der Waals surface area contributed by atoms with Crippen LogP contribution in [0.2, 0.25) is 0 Å². The molecule has 0 radical (unpaired) electrons. The zero-order chi connectivity index (χ0) is 11.4. The molecule has 1 N–H and O–H groups in total. The monoisotopic (exact) mass is 221 g/mol. The van der Waals surface area contributed by atoms with E-state index in [0.717, 1.165) is 19.0 Å². The summed E-state index contributed by atoms with van der Waals surface area (Å²) in [4.78, 5) is 4.04. The third-order valence-electron chi connectivity index (χ3n) is 3.92. The molecule has 1 aliphatic carbocycles. The average Bonchev–Trinajstić information content (AvgIpc) is 2.87. The lowest BCUT2D eigenvalue weighted by molar-refractivity contribution is 0.336. The van der Waals surface area contributed by atoms with Gasteiger partial charge in [0, 0.05) is 25.5 Å². The summed E-state index contributed by atoms with van der Waals surface area (Å²) in [6.45, 7) is 8.09. The largest absolute Gasteiger partial charge is 0.337 e. The van der Waals surface area contributed by atoms with Crippen LogP contribution in [0.25, 0.3) is 0 Å². The van der Waals surface area contributed by atoms with Crippen molar-refractivity contribution in [2.24, 2.45) is 11.3 Å². The minimum Gasteiger partial charge on any atom is -0.337 e. The molecule has 3 heteroatoms. The van der Waals surface area contributed by atoms with Gasteiger partial charge in [0.15, 0.2) is 0 Å². The maximum Gasteiger partial charge on any atom is 0.0945 e. The molecule has 0 saturated heterocycles. The average molecular weight is 221 g/mol. The van der Waals surface area contributed by atoms with Gasteiger partial charge in [0.2, 0.25) is 0 Å². The number of hydrogen-bond donors (Lipinski definition) is 1. The van der Waals surface area contributed by atoms with E-state index in [4.69, 9.17) is 0 Å². The van der Waals surface area contributed by atoms with Crippen LogP contribution in [0.4, 0.5) is 0 Å². The van der Waals surface area contributed by atoms with Gasteiger partial charge in [0.25, 0.3) is 0 Å². The quantitative estimate of drug-likeness (QED) is 0.716. The maximum atomic E-state index is 4.04. The van der Waals surface area contributed by atoms with E-state index in [9.17, 15) is 0 Å². The first-order valence-corrected chi connectivity index (χ1v) is 6.39. The first-order valence-electron chi connectivity index (χ1n) is 6.39. The fraction of sp³-hybridized carbons (Fsp3) is 0.769. The molecule has 3 nitrogen and oxygen atoms in total. The molecule has 0 aromatic carbocycles. The molecule has 0 aliphatic heterocycles. The van der Waals surface area contributed by atoms with Crippen molar-refractivity contribution < 1.29 is 0 Å². The number of hydrogen-bond acceptors (Lipinski definition) is 2. The molecule has 1 heterocycles. The third-order valence-corrected chi connectivity index (χ3v) is 3.92. The third kappa shape index (κ3) is 2.85. The van der Waals surface area contributed by atoms with Crippen molar-refractivity contribution in [2.45, 2.75) is 39.7 Å². The first-order chi connectivity index (χ1) is 7.73. The number of aromatic nitrogens is 2. The zero-order valence-electron chi connectivity index (χ0n) is 10.4. The van der Waals surface area contributed by atoms with Gasteiger partial charge < -0.3 is 9.88 Å². The van der Waals surface area contributed by atoms with E-state index in [1.165, 1.54) is 25.8 Å². The minimum atomic E-state index is 0.634. The normalized spacial score (nSPS) is 17.9. The fourth-order valence-corrected chi connectivity index (χ4v) is 2.26. The Balaban J connectivity index is 1.56. The molecule has 0 amide bonds. The van der Waals surface area contributed by atoms with E-state index >= 15 is 0 Å². The molecule has 1 aliphatic rings. The van der Waals surface area contributed by atoms with Crippen molar-refractivity contribution in [3.63, 3.8) is 0 Å². The smallest absolute Gasteiger partial charge is 0.0945 e. The second-order valence-electron chi connectivity index (χ2n) is 5.35. The standard InChI is InChI=1S/C13H23N3/c1-12(2)13(4-5-13)10-14-6-3-8-16-9-7-15-11-16/h7,9,11-12,14H,3-6,8,10H2,1-2H3. The Morgan fingerprint density at radius 1 is 1.44 bits per heavy atom. The Morgan fingerprint density at radius 3 is 2.81 bits per heavy atom. The Bertz CT molecular complexity index is 299. The molecular formula is C13H23N3. The minimum absolute atomic E-state index is 0.634. The molecule has 0 bridgehead atoms. The highest BCUT2D eigenvalue weighted by Crippen LogP contribution is 2.51. The lowest BCUT2D eigenvalue weighted by Gasteiger charge is -2.20. The highest BCUT2D eigenvalue weighted by atomic mass is 15.0. The summed E-state index contributed by atoms with van der Waals surface area (Å²) in [6.07, 6.45) is 9.77. The van der Waals surface area contributed by atoms with Crippen LogP contribution in [-0.4, -0.2) is 22.6 Å². The van der Waals surface area contributed by atoms with Gasteiger partial charge in [0.1, 0.15) is 0 Å². The molecule has 1 aromatic heterocycles. The van der Waals surface area contributed by atoms with Crippen LogP contribution in [0.5, 0.6) is 0 Å². The van der Waals surface area contributed by atoms with Crippen LogP contribution in [0, 0.1) is 11.3 Å². The second kappa shape index (κ2) is 5.00. The molecule has 0 unspecified atom stereocenters. The summed E-state index contributed by atoms with van der Waals surface area (Å²) >= 11 is 0. The summed E-state index contributed by atoms with van der Waals surface area (Å²) < 4.78 is 2.14. The fourth-order valence-electron chi connectivity index (χ4n) is 2.26. The van der Waals surface area contributed by atoms with Crippen LogP contribution in [0.3, 0.4) is 0 Å². The zero-order valence-corrected chi connectivity index (χ0v) is 10.4. The Kier molecular flexibility index (Phi) is 3.64. The summed E-state index contributed by atoms with van der Waals surface area (Å²) in [6, 6.07) is 0. The number of aryl methyl sites for hydroxylation is 1. The maximum absolute atomic E-state index is 4.04. The summed E-state index contributed by atoms with van der Waals surface area (Å²) in [7, 11) is 0. The highest BCUT2D eigenvalue weighted by molar-refractivity contribution is 4.96. The Labute approximate surface area is 98.3 Å². The second-order valence-corrected chi connectivity index (χ2v) is 5.35. The van der Waals surface area contributed by atoms with Crippen LogP contribution in [0.1, 0.15) is 33.1 Å². The number of imidazole rings is 1. The van der Waals surface area contributed by atoms with Crippen LogP contribution in [0.15, 0.2) is 18.7 Å². The van der Waals surface area contributed by atoms with Crippen molar-refractivity contribution in [2.75, 3.05) is 13.1 Å². The van der Waals surface area contributed by atoms with E-state index in [1.807, 2.05) is 18.7 Å². The van der Waals surface area contributed by atoms with Crippen molar-refractivity contribution in [1.82, 2.24) is 14.9 Å². The number of nitrogens with one attached hydrogen (secondary N) is 1. The summed E-state index contributed by atoms with van der Waals surface area (Å²) in [5, 5.41) is 3.60. The SMILES string of the molecule is CC(C)C1(CNCCCn2ccnc2)CC1. The first kappa shape index (κ1) is 11.6.